The fraction of sp³-hybridized carbons (Fsp3) is 0.0323. The predicted octanol–water partition coefficient (Wildman–Crippen LogP) is 8.35. The van der Waals surface area contributed by atoms with Crippen LogP contribution in [0.1, 0.15) is 11.1 Å². The van der Waals surface area contributed by atoms with Crippen molar-refractivity contribution in [3.63, 3.8) is 0 Å². The van der Waals surface area contributed by atoms with Crippen LogP contribution in [0.3, 0.4) is 0 Å². The van der Waals surface area contributed by atoms with E-state index in [0.717, 1.165) is 44.6 Å². The summed E-state index contributed by atoms with van der Waals surface area (Å²) < 4.78 is 0. The van der Waals surface area contributed by atoms with Gasteiger partial charge < -0.3 is 5.11 Å². The molecule has 0 radical (unpaired) electrons. The summed E-state index contributed by atoms with van der Waals surface area (Å²) in [5.74, 6) is -0.412. The van der Waals surface area contributed by atoms with E-state index in [0.29, 0.717) is 11.3 Å². The van der Waals surface area contributed by atoms with Gasteiger partial charge in [0.2, 0.25) is 0 Å². The van der Waals surface area contributed by atoms with E-state index in [9.17, 15) is 14.7 Å². The lowest BCUT2D eigenvalue weighted by atomic mass is 10.0. The number of fused-ring (bicyclic) bond motifs is 2. The first-order valence-electron chi connectivity index (χ1n) is 12.0. The van der Waals surface area contributed by atoms with Gasteiger partial charge >= 0.3 is 0 Å². The molecule has 38 heavy (non-hydrogen) atoms. The van der Waals surface area contributed by atoms with Gasteiger partial charge in [-0.15, -0.1) is 5.11 Å². The smallest absolute Gasteiger partial charge is 0.293 e. The van der Waals surface area contributed by atoms with Crippen LogP contribution in [-0.2, 0) is 11.3 Å². The molecule has 2 amide bonds. The normalized spacial score (nSPS) is 14.9. The fourth-order valence-electron chi connectivity index (χ4n) is 4.51. The Hall–Kier alpha value is -4.75. The number of carbonyl (C=O) groups excluding carboxylic acids is 2. The number of nitrogens with zero attached hydrogens (tertiary/aromatic N) is 3. The molecule has 1 heterocycles. The van der Waals surface area contributed by atoms with Crippen LogP contribution in [0.4, 0.5) is 16.2 Å². The lowest BCUT2D eigenvalue weighted by Gasteiger charge is -2.14. The van der Waals surface area contributed by atoms with Gasteiger partial charge in [0.15, 0.2) is 0 Å². The van der Waals surface area contributed by atoms with Crippen LogP contribution in [0.15, 0.2) is 118 Å². The molecule has 5 aromatic rings. The minimum absolute atomic E-state index is 0.0186. The van der Waals surface area contributed by atoms with Gasteiger partial charge in [0, 0.05) is 10.9 Å². The molecule has 1 aliphatic heterocycles. The first-order chi connectivity index (χ1) is 18.6. The van der Waals surface area contributed by atoms with Gasteiger partial charge in [-0.1, -0.05) is 78.9 Å². The molecule has 184 valence electrons. The second-order valence-electron chi connectivity index (χ2n) is 8.85. The van der Waals surface area contributed by atoms with Gasteiger partial charge in [0.05, 0.1) is 22.8 Å². The Balaban J connectivity index is 1.26. The lowest BCUT2D eigenvalue weighted by molar-refractivity contribution is -0.123. The van der Waals surface area contributed by atoms with Gasteiger partial charge in [-0.2, -0.15) is 5.11 Å². The third-order valence-electron chi connectivity index (χ3n) is 6.42. The van der Waals surface area contributed by atoms with Crippen molar-refractivity contribution in [1.29, 1.82) is 0 Å². The maximum absolute atomic E-state index is 13.2. The van der Waals surface area contributed by atoms with Crippen LogP contribution in [0.25, 0.3) is 27.6 Å². The SMILES string of the molecule is O=C1S/C(=C\c2cc(N=Nc3cccc4ccccc34)ccc2O)C(=O)N1Cc1cccc2ccccc12. The number of rotatable bonds is 5. The number of imide groups is 1. The van der Waals surface area contributed by atoms with Crippen molar-refractivity contribution in [3.05, 3.63) is 119 Å². The zero-order valence-corrected chi connectivity index (χ0v) is 20.9. The number of carbonyl (C=O) groups is 2. The number of phenols is 1. The first kappa shape index (κ1) is 23.6. The van der Waals surface area contributed by atoms with Crippen molar-refractivity contribution >= 4 is 61.9 Å². The van der Waals surface area contributed by atoms with Gasteiger partial charge in [0.1, 0.15) is 5.75 Å². The zero-order chi connectivity index (χ0) is 26.1. The molecule has 0 saturated carbocycles. The maximum Gasteiger partial charge on any atom is 0.293 e. The zero-order valence-electron chi connectivity index (χ0n) is 20.1. The maximum atomic E-state index is 13.2. The number of aromatic hydroxyl groups is 1. The molecule has 7 heteroatoms. The molecule has 0 bridgehead atoms. The molecule has 0 atom stereocenters. The number of hydrogen-bond acceptors (Lipinski definition) is 6. The Morgan fingerprint density at radius 3 is 2.26 bits per heavy atom. The van der Waals surface area contributed by atoms with Gasteiger partial charge in [-0.3, -0.25) is 14.5 Å². The topological polar surface area (TPSA) is 82.3 Å². The molecule has 6 nitrogen and oxygen atoms in total. The highest BCUT2D eigenvalue weighted by atomic mass is 32.2. The summed E-state index contributed by atoms with van der Waals surface area (Å²) in [7, 11) is 0. The molecular weight excluding hydrogens is 494 g/mol. The van der Waals surface area contributed by atoms with E-state index in [1.807, 2.05) is 84.9 Å². The highest BCUT2D eigenvalue weighted by Gasteiger charge is 2.35. The number of hydrogen-bond donors (Lipinski definition) is 1. The fourth-order valence-corrected chi connectivity index (χ4v) is 5.33. The largest absolute Gasteiger partial charge is 0.507 e. The lowest BCUT2D eigenvalue weighted by Crippen LogP contribution is -2.27. The first-order valence-corrected chi connectivity index (χ1v) is 12.8. The van der Waals surface area contributed by atoms with Gasteiger partial charge in [-0.25, -0.2) is 0 Å². The van der Waals surface area contributed by atoms with Crippen LogP contribution in [-0.4, -0.2) is 21.2 Å². The summed E-state index contributed by atoms with van der Waals surface area (Å²) >= 11 is 0.861. The van der Waals surface area contributed by atoms with E-state index in [2.05, 4.69) is 10.2 Å². The van der Waals surface area contributed by atoms with Gasteiger partial charge in [-0.05, 0) is 63.8 Å². The van der Waals surface area contributed by atoms with Crippen molar-refractivity contribution in [2.24, 2.45) is 10.2 Å². The monoisotopic (exact) mass is 515 g/mol. The molecule has 1 saturated heterocycles. The van der Waals surface area contributed by atoms with E-state index in [1.54, 1.807) is 12.1 Å². The Morgan fingerprint density at radius 1 is 0.763 bits per heavy atom. The molecule has 6 rings (SSSR count). The summed E-state index contributed by atoms with van der Waals surface area (Å²) in [4.78, 5) is 27.4. The molecule has 0 spiro atoms. The summed E-state index contributed by atoms with van der Waals surface area (Å²) in [6.07, 6.45) is 1.53. The Bertz CT molecular complexity index is 1780. The number of amides is 2. The summed E-state index contributed by atoms with van der Waals surface area (Å²) in [5.41, 5.74) is 2.52. The van der Waals surface area contributed by atoms with Crippen LogP contribution in [0, 0.1) is 0 Å². The molecule has 0 aliphatic carbocycles. The van der Waals surface area contributed by atoms with Crippen molar-refractivity contribution in [2.75, 3.05) is 0 Å². The van der Waals surface area contributed by atoms with E-state index in [4.69, 9.17) is 0 Å². The molecule has 5 aromatic carbocycles. The van der Waals surface area contributed by atoms with E-state index >= 15 is 0 Å². The summed E-state index contributed by atoms with van der Waals surface area (Å²) in [6.45, 7) is 0.175. The average molecular weight is 516 g/mol. The minimum atomic E-state index is -0.393. The standard InChI is InChI=1S/C31H21N3O3S/c35-28-16-15-24(32-33-27-14-6-10-21-8-2-4-13-26(21)27)17-23(28)18-29-30(36)34(31(37)38-29)19-22-11-5-9-20-7-1-3-12-25(20)22/h1-18,35H,19H2/b29-18-,33-32?. The summed E-state index contributed by atoms with van der Waals surface area (Å²) in [5, 5.41) is 23.0. The van der Waals surface area contributed by atoms with Crippen LogP contribution in [0.2, 0.25) is 0 Å². The second kappa shape index (κ2) is 9.95. The number of thioether (sulfide) groups is 1. The van der Waals surface area contributed by atoms with Gasteiger partial charge in [0.25, 0.3) is 11.1 Å². The average Bonchev–Trinajstić information content (AvgIpc) is 3.21. The summed E-state index contributed by atoms with van der Waals surface area (Å²) in [6, 6.07) is 32.3. The molecule has 0 unspecified atom stereocenters. The van der Waals surface area contributed by atoms with E-state index < -0.39 is 5.91 Å². The third-order valence-corrected chi connectivity index (χ3v) is 7.33. The molecule has 1 aliphatic rings. The number of azo groups is 1. The number of benzene rings is 5. The Morgan fingerprint density at radius 2 is 1.45 bits per heavy atom. The van der Waals surface area contributed by atoms with Crippen LogP contribution >= 0.6 is 11.8 Å². The third kappa shape index (κ3) is 4.55. The quantitative estimate of drug-likeness (QED) is 0.188. The molecule has 1 N–H and O–H groups in total. The molecule has 1 fully saturated rings. The minimum Gasteiger partial charge on any atom is -0.507 e. The van der Waals surface area contributed by atoms with Crippen molar-refractivity contribution in [1.82, 2.24) is 4.90 Å². The molecular formula is C31H21N3O3S. The van der Waals surface area contributed by atoms with Crippen molar-refractivity contribution in [2.45, 2.75) is 6.54 Å². The highest BCUT2D eigenvalue weighted by molar-refractivity contribution is 8.18. The van der Waals surface area contributed by atoms with E-state index in [-0.39, 0.29) is 22.4 Å². The Labute approximate surface area is 222 Å². The Kier molecular flexibility index (Phi) is 6.19. The number of phenolic OH excluding ortho intramolecular Hbond substituents is 1. The van der Waals surface area contributed by atoms with Crippen LogP contribution < -0.4 is 0 Å². The molecule has 0 aromatic heterocycles. The highest BCUT2D eigenvalue weighted by Crippen LogP contribution is 2.36. The van der Waals surface area contributed by atoms with Crippen LogP contribution in [0.5, 0.6) is 5.75 Å². The second-order valence-corrected chi connectivity index (χ2v) is 9.84. The van der Waals surface area contributed by atoms with Crippen molar-refractivity contribution in [3.8, 4) is 5.75 Å². The predicted molar refractivity (Wildman–Crippen MR) is 152 cm³/mol. The van der Waals surface area contributed by atoms with E-state index in [1.165, 1.54) is 17.0 Å². The van der Waals surface area contributed by atoms with Crippen molar-refractivity contribution < 1.29 is 14.7 Å².